The molecule has 1 aliphatic heterocycles. The lowest BCUT2D eigenvalue weighted by Crippen LogP contribution is -2.54. The lowest BCUT2D eigenvalue weighted by molar-refractivity contribution is -0.144. The number of hydrogen-bond acceptors (Lipinski definition) is 2. The quantitative estimate of drug-likeness (QED) is 0.806. The number of nitrogens with one attached hydrogen (secondary N) is 2. The van der Waals surface area contributed by atoms with Crippen LogP contribution in [-0.4, -0.2) is 30.2 Å². The van der Waals surface area contributed by atoms with E-state index in [1.807, 2.05) is 6.92 Å². The lowest BCUT2D eigenvalue weighted by Gasteiger charge is -2.34. The molecule has 3 unspecified atom stereocenters. The molecule has 1 rings (SSSR count). The van der Waals surface area contributed by atoms with Gasteiger partial charge in [-0.25, -0.2) is 0 Å². The van der Waals surface area contributed by atoms with Crippen molar-refractivity contribution in [2.75, 3.05) is 0 Å². The number of carbonyl (C=O) groups excluding carboxylic acids is 1. The number of hydrogen-bond donors (Lipinski definition) is 2. The van der Waals surface area contributed by atoms with E-state index in [1.165, 1.54) is 0 Å². The molecule has 3 nitrogen and oxygen atoms in total. The van der Waals surface area contributed by atoms with Crippen LogP contribution in [0.2, 0.25) is 0 Å². The maximum atomic E-state index is 11.9. The molecule has 0 aromatic rings. The Morgan fingerprint density at radius 3 is 2.53 bits per heavy atom. The molecule has 1 saturated heterocycles. The third-order valence-electron chi connectivity index (χ3n) is 3.04. The summed E-state index contributed by atoms with van der Waals surface area (Å²) in [5, 5.41) is 5.93. The summed E-state index contributed by atoms with van der Waals surface area (Å²) in [6.45, 7) is 3.99. The van der Waals surface area contributed by atoms with Crippen molar-refractivity contribution in [2.45, 2.75) is 63.8 Å². The monoisotopic (exact) mass is 252 g/mol. The molecule has 0 aromatic heterocycles. The Bertz CT molecular complexity index is 268. The van der Waals surface area contributed by atoms with Gasteiger partial charge in [0.05, 0.1) is 6.42 Å². The van der Waals surface area contributed by atoms with E-state index >= 15 is 0 Å². The molecule has 0 saturated carbocycles. The first-order valence-electron chi connectivity index (χ1n) is 5.90. The van der Waals surface area contributed by atoms with Crippen LogP contribution >= 0.6 is 0 Å². The summed E-state index contributed by atoms with van der Waals surface area (Å²) < 4.78 is 35.8. The average Bonchev–Trinajstić information content (AvgIpc) is 2.18. The molecular weight excluding hydrogens is 233 g/mol. The normalized spacial score (nSPS) is 30.1. The van der Waals surface area contributed by atoms with Gasteiger partial charge in [0.1, 0.15) is 0 Å². The van der Waals surface area contributed by atoms with Gasteiger partial charge < -0.3 is 10.6 Å². The molecule has 6 heteroatoms. The van der Waals surface area contributed by atoms with E-state index in [0.29, 0.717) is 6.04 Å². The van der Waals surface area contributed by atoms with Crippen molar-refractivity contribution in [3.63, 3.8) is 0 Å². The number of rotatable bonds is 3. The first kappa shape index (κ1) is 14.3. The van der Waals surface area contributed by atoms with Crippen LogP contribution in [0.15, 0.2) is 0 Å². The maximum absolute atomic E-state index is 11.9. The van der Waals surface area contributed by atoms with E-state index in [0.717, 1.165) is 12.8 Å². The van der Waals surface area contributed by atoms with Crippen LogP contribution in [0.1, 0.15) is 39.5 Å². The fourth-order valence-electron chi connectivity index (χ4n) is 2.06. The fourth-order valence-corrected chi connectivity index (χ4v) is 2.06. The SMILES string of the molecule is CC1CCC(NC(=O)CCC(F)(F)F)C(C)N1. The molecule has 3 atom stereocenters. The van der Waals surface area contributed by atoms with Crippen molar-refractivity contribution in [2.24, 2.45) is 0 Å². The van der Waals surface area contributed by atoms with Gasteiger partial charge in [0, 0.05) is 24.5 Å². The summed E-state index contributed by atoms with van der Waals surface area (Å²) in [6.07, 6.45) is -4.06. The second-order valence-electron chi connectivity index (χ2n) is 4.72. The summed E-state index contributed by atoms with van der Waals surface area (Å²) in [5.41, 5.74) is 0. The third-order valence-corrected chi connectivity index (χ3v) is 3.04. The van der Waals surface area contributed by atoms with Gasteiger partial charge in [-0.1, -0.05) is 0 Å². The Kier molecular flexibility index (Phi) is 4.80. The lowest BCUT2D eigenvalue weighted by atomic mass is 9.95. The van der Waals surface area contributed by atoms with Gasteiger partial charge in [-0.15, -0.1) is 0 Å². The van der Waals surface area contributed by atoms with Crippen LogP contribution in [-0.2, 0) is 4.79 Å². The van der Waals surface area contributed by atoms with Crippen LogP contribution in [0.4, 0.5) is 13.2 Å². The Hall–Kier alpha value is -0.780. The van der Waals surface area contributed by atoms with Gasteiger partial charge in [-0.05, 0) is 26.7 Å². The predicted molar refractivity (Wildman–Crippen MR) is 58.5 cm³/mol. The zero-order valence-electron chi connectivity index (χ0n) is 10.1. The van der Waals surface area contributed by atoms with Crippen LogP contribution in [0.5, 0.6) is 0 Å². The van der Waals surface area contributed by atoms with Crippen LogP contribution in [0.3, 0.4) is 0 Å². The Labute approximate surface area is 99.1 Å². The summed E-state index contributed by atoms with van der Waals surface area (Å²) in [6, 6.07) is 0.439. The summed E-state index contributed by atoms with van der Waals surface area (Å²) in [5.74, 6) is -0.518. The first-order valence-corrected chi connectivity index (χ1v) is 5.90. The molecule has 0 aliphatic carbocycles. The van der Waals surface area contributed by atoms with Crippen molar-refractivity contribution in [1.29, 1.82) is 0 Å². The van der Waals surface area contributed by atoms with E-state index in [1.54, 1.807) is 0 Å². The molecule has 1 fully saturated rings. The zero-order chi connectivity index (χ0) is 13.1. The topological polar surface area (TPSA) is 41.1 Å². The molecule has 0 spiro atoms. The summed E-state index contributed by atoms with van der Waals surface area (Å²) in [4.78, 5) is 11.3. The second kappa shape index (κ2) is 5.71. The molecule has 1 aliphatic rings. The Morgan fingerprint density at radius 1 is 1.35 bits per heavy atom. The minimum absolute atomic E-state index is 0.0630. The summed E-state index contributed by atoms with van der Waals surface area (Å²) in [7, 11) is 0. The van der Waals surface area contributed by atoms with E-state index in [4.69, 9.17) is 0 Å². The molecule has 0 aromatic carbocycles. The van der Waals surface area contributed by atoms with Crippen molar-refractivity contribution >= 4 is 5.91 Å². The number of halogens is 3. The van der Waals surface area contributed by atoms with Crippen LogP contribution < -0.4 is 10.6 Å². The first-order chi connectivity index (χ1) is 7.78. The minimum atomic E-state index is -4.26. The highest BCUT2D eigenvalue weighted by molar-refractivity contribution is 5.76. The number of amides is 1. The molecular formula is C11H19F3N2O. The summed E-state index contributed by atoms with van der Waals surface area (Å²) >= 11 is 0. The van der Waals surface area contributed by atoms with Crippen molar-refractivity contribution in [1.82, 2.24) is 10.6 Å². The van der Waals surface area contributed by atoms with Gasteiger partial charge >= 0.3 is 6.18 Å². The number of piperidine rings is 1. The van der Waals surface area contributed by atoms with Crippen molar-refractivity contribution in [3.8, 4) is 0 Å². The Morgan fingerprint density at radius 2 is 2.00 bits per heavy atom. The average molecular weight is 252 g/mol. The molecule has 1 amide bonds. The van der Waals surface area contributed by atoms with Gasteiger partial charge in [-0.3, -0.25) is 4.79 Å². The zero-order valence-corrected chi connectivity index (χ0v) is 10.1. The van der Waals surface area contributed by atoms with Crippen LogP contribution in [0, 0.1) is 0 Å². The number of alkyl halides is 3. The molecule has 2 N–H and O–H groups in total. The minimum Gasteiger partial charge on any atom is -0.352 e. The van der Waals surface area contributed by atoms with Crippen LogP contribution in [0.25, 0.3) is 0 Å². The fraction of sp³-hybridized carbons (Fsp3) is 0.909. The smallest absolute Gasteiger partial charge is 0.352 e. The van der Waals surface area contributed by atoms with Gasteiger partial charge in [-0.2, -0.15) is 13.2 Å². The predicted octanol–water partition coefficient (Wildman–Crippen LogP) is 1.97. The van der Waals surface area contributed by atoms with Gasteiger partial charge in [0.25, 0.3) is 0 Å². The molecule has 17 heavy (non-hydrogen) atoms. The van der Waals surface area contributed by atoms with Crippen molar-refractivity contribution in [3.05, 3.63) is 0 Å². The molecule has 0 bridgehead atoms. The molecule has 1 heterocycles. The molecule has 100 valence electrons. The van der Waals surface area contributed by atoms with E-state index in [2.05, 4.69) is 17.6 Å². The maximum Gasteiger partial charge on any atom is 0.389 e. The molecule has 0 radical (unpaired) electrons. The third kappa shape index (κ3) is 5.39. The van der Waals surface area contributed by atoms with Gasteiger partial charge in [0.2, 0.25) is 5.91 Å². The largest absolute Gasteiger partial charge is 0.389 e. The van der Waals surface area contributed by atoms with Crippen molar-refractivity contribution < 1.29 is 18.0 Å². The number of carbonyl (C=O) groups is 1. The highest BCUT2D eigenvalue weighted by Crippen LogP contribution is 2.21. The second-order valence-corrected chi connectivity index (χ2v) is 4.72. The van der Waals surface area contributed by atoms with E-state index < -0.39 is 24.9 Å². The van der Waals surface area contributed by atoms with Gasteiger partial charge in [0.15, 0.2) is 0 Å². The van der Waals surface area contributed by atoms with E-state index in [9.17, 15) is 18.0 Å². The van der Waals surface area contributed by atoms with E-state index in [-0.39, 0.29) is 12.1 Å². The standard InChI is InChI=1S/C11H19F3N2O/c1-7-3-4-9(8(2)15-7)16-10(17)5-6-11(12,13)14/h7-9,15H,3-6H2,1-2H3,(H,16,17). The highest BCUT2D eigenvalue weighted by atomic mass is 19.4. The Balaban J connectivity index is 2.31. The highest BCUT2D eigenvalue weighted by Gasteiger charge is 2.30.